The van der Waals surface area contributed by atoms with Crippen molar-refractivity contribution < 1.29 is 17.9 Å². The fourth-order valence-corrected chi connectivity index (χ4v) is 6.66. The van der Waals surface area contributed by atoms with E-state index < -0.39 is 15.4 Å². The van der Waals surface area contributed by atoms with Gasteiger partial charge in [-0.25, -0.2) is 8.42 Å². The lowest BCUT2D eigenvalue weighted by Crippen LogP contribution is -2.47. The van der Waals surface area contributed by atoms with Crippen molar-refractivity contribution in [3.05, 3.63) is 66.0 Å². The third kappa shape index (κ3) is 5.75. The molecule has 1 unspecified atom stereocenters. The molecule has 4 rings (SSSR count). The van der Waals surface area contributed by atoms with Crippen LogP contribution in [0.25, 0.3) is 5.69 Å². The largest absolute Gasteiger partial charge is 0.485 e. The number of hydrogen-bond acceptors (Lipinski definition) is 7. The Kier molecular flexibility index (Phi) is 6.76. The van der Waals surface area contributed by atoms with Crippen LogP contribution >= 0.6 is 11.8 Å². The molecule has 0 radical (unpaired) electrons. The van der Waals surface area contributed by atoms with Gasteiger partial charge in [0.1, 0.15) is 12.4 Å². The summed E-state index contributed by atoms with van der Waals surface area (Å²) in [6.07, 6.45) is 0.423. The van der Waals surface area contributed by atoms with Gasteiger partial charge in [0.15, 0.2) is 20.8 Å². The van der Waals surface area contributed by atoms with E-state index in [9.17, 15) is 13.2 Å². The van der Waals surface area contributed by atoms with Crippen molar-refractivity contribution in [3.63, 3.8) is 0 Å². The van der Waals surface area contributed by atoms with Crippen LogP contribution in [0.2, 0.25) is 0 Å². The van der Waals surface area contributed by atoms with Gasteiger partial charge in [-0.3, -0.25) is 9.36 Å². The maximum atomic E-state index is 12.6. The monoisotopic (exact) mass is 486 g/mol. The molecule has 0 aliphatic carbocycles. The first-order valence-electron chi connectivity index (χ1n) is 10.6. The second kappa shape index (κ2) is 9.56. The van der Waals surface area contributed by atoms with E-state index in [4.69, 9.17) is 4.74 Å². The van der Waals surface area contributed by atoms with Crippen molar-refractivity contribution in [2.24, 2.45) is 0 Å². The average Bonchev–Trinajstić information content (AvgIpc) is 3.31. The summed E-state index contributed by atoms with van der Waals surface area (Å²) < 4.78 is 31.5. The number of rotatable bonds is 8. The van der Waals surface area contributed by atoms with Crippen molar-refractivity contribution in [2.45, 2.75) is 37.6 Å². The van der Waals surface area contributed by atoms with Crippen molar-refractivity contribution in [2.75, 3.05) is 17.3 Å². The summed E-state index contributed by atoms with van der Waals surface area (Å²) in [5, 5.41) is 12.0. The third-order valence-corrected chi connectivity index (χ3v) is 8.27. The molecule has 1 aliphatic heterocycles. The highest BCUT2D eigenvalue weighted by Crippen LogP contribution is 2.26. The first-order valence-corrected chi connectivity index (χ1v) is 13.4. The minimum absolute atomic E-state index is 0.0308. The summed E-state index contributed by atoms with van der Waals surface area (Å²) in [6.45, 7) is 3.97. The van der Waals surface area contributed by atoms with Crippen molar-refractivity contribution >= 4 is 27.5 Å². The maximum absolute atomic E-state index is 12.6. The number of para-hydroxylation sites is 2. The second-order valence-corrected chi connectivity index (χ2v) is 11.5. The minimum atomic E-state index is -3.10. The first kappa shape index (κ1) is 23.3. The molecule has 1 aliphatic rings. The van der Waals surface area contributed by atoms with E-state index >= 15 is 0 Å². The van der Waals surface area contributed by atoms with Crippen LogP contribution in [0.3, 0.4) is 0 Å². The maximum Gasteiger partial charge on any atom is 0.230 e. The number of thioether (sulfide) groups is 1. The fourth-order valence-electron chi connectivity index (χ4n) is 3.80. The minimum Gasteiger partial charge on any atom is -0.485 e. The quantitative estimate of drug-likeness (QED) is 0.488. The van der Waals surface area contributed by atoms with Gasteiger partial charge in [0.05, 0.1) is 22.8 Å². The molecular weight excluding hydrogens is 460 g/mol. The van der Waals surface area contributed by atoms with Crippen LogP contribution in [0, 0.1) is 6.92 Å². The Morgan fingerprint density at radius 2 is 1.88 bits per heavy atom. The summed E-state index contributed by atoms with van der Waals surface area (Å²) >= 11 is 1.25. The lowest BCUT2D eigenvalue weighted by atomic mass is 10.0. The van der Waals surface area contributed by atoms with E-state index in [0.29, 0.717) is 17.4 Å². The molecule has 1 aromatic heterocycles. The molecule has 10 heteroatoms. The molecule has 0 spiro atoms. The number of benzene rings is 2. The van der Waals surface area contributed by atoms with Gasteiger partial charge < -0.3 is 10.1 Å². The molecule has 1 fully saturated rings. The Bertz CT molecular complexity index is 1240. The van der Waals surface area contributed by atoms with Gasteiger partial charge in [-0.15, -0.1) is 10.2 Å². The molecule has 0 bridgehead atoms. The highest BCUT2D eigenvalue weighted by molar-refractivity contribution is 7.99. The van der Waals surface area contributed by atoms with Gasteiger partial charge in [0.25, 0.3) is 0 Å². The Hall–Kier alpha value is -2.85. The number of aromatic nitrogens is 3. The van der Waals surface area contributed by atoms with Crippen LogP contribution in [0.15, 0.2) is 59.8 Å². The molecular formula is C23H26N4O4S2. The zero-order valence-corrected chi connectivity index (χ0v) is 20.2. The molecule has 2 aromatic carbocycles. The zero-order valence-electron chi connectivity index (χ0n) is 18.5. The number of nitrogens with zero attached hydrogens (tertiary/aromatic N) is 3. The van der Waals surface area contributed by atoms with Gasteiger partial charge >= 0.3 is 0 Å². The van der Waals surface area contributed by atoms with Crippen LogP contribution in [0.1, 0.15) is 24.7 Å². The summed E-state index contributed by atoms with van der Waals surface area (Å²) in [4.78, 5) is 12.6. The Labute approximate surface area is 197 Å². The van der Waals surface area contributed by atoms with Crippen molar-refractivity contribution in [1.29, 1.82) is 0 Å². The molecule has 1 N–H and O–H groups in total. The summed E-state index contributed by atoms with van der Waals surface area (Å²) in [5.74, 6) is 1.31. The Morgan fingerprint density at radius 1 is 1.15 bits per heavy atom. The highest BCUT2D eigenvalue weighted by atomic mass is 32.2. The van der Waals surface area contributed by atoms with Gasteiger partial charge in [-0.2, -0.15) is 0 Å². The van der Waals surface area contributed by atoms with Gasteiger partial charge in [-0.05, 0) is 44.0 Å². The van der Waals surface area contributed by atoms with Crippen LogP contribution in [0.5, 0.6) is 5.75 Å². The van der Waals surface area contributed by atoms with E-state index in [2.05, 4.69) is 15.5 Å². The van der Waals surface area contributed by atoms with E-state index in [1.165, 1.54) is 11.8 Å². The third-order valence-electron chi connectivity index (χ3n) is 5.44. The van der Waals surface area contributed by atoms with E-state index in [-0.39, 0.29) is 29.8 Å². The lowest BCUT2D eigenvalue weighted by Gasteiger charge is -2.23. The molecule has 8 nitrogen and oxygen atoms in total. The molecule has 174 valence electrons. The molecule has 33 heavy (non-hydrogen) atoms. The lowest BCUT2D eigenvalue weighted by molar-refractivity contribution is -0.120. The molecule has 1 saturated heterocycles. The molecule has 0 saturated carbocycles. The molecule has 1 amide bonds. The first-order chi connectivity index (χ1) is 15.7. The number of carbonyl (C=O) groups excluding carboxylic acids is 1. The highest BCUT2D eigenvalue weighted by Gasteiger charge is 2.39. The van der Waals surface area contributed by atoms with Crippen LogP contribution in [0.4, 0.5) is 0 Å². The molecule has 3 aromatic rings. The van der Waals surface area contributed by atoms with Gasteiger partial charge in [0, 0.05) is 5.69 Å². The normalized spacial score (nSPS) is 19.3. The van der Waals surface area contributed by atoms with Gasteiger partial charge in [-0.1, -0.05) is 48.2 Å². The number of amides is 1. The van der Waals surface area contributed by atoms with Crippen molar-refractivity contribution in [3.8, 4) is 11.4 Å². The second-order valence-electron chi connectivity index (χ2n) is 8.36. The number of aryl methyl sites for hydroxylation is 1. The van der Waals surface area contributed by atoms with Crippen LogP contribution in [-0.2, 0) is 21.2 Å². The van der Waals surface area contributed by atoms with E-state index in [1.54, 1.807) is 6.92 Å². The standard InChI is InChI=1S/C23H26N4O4S2/c1-17-8-6-7-11-19(17)31-14-20-25-26-22(27(20)18-9-4-3-5-10-18)32-15-21(28)24-23(2)12-13-33(29,30)16-23/h3-11H,12-16H2,1-2H3,(H,24,28). The summed E-state index contributed by atoms with van der Waals surface area (Å²) in [5.41, 5.74) is 1.16. The van der Waals surface area contributed by atoms with Gasteiger partial charge in [0.2, 0.25) is 5.91 Å². The Balaban J connectivity index is 1.48. The number of hydrogen-bond donors (Lipinski definition) is 1. The van der Waals surface area contributed by atoms with Crippen LogP contribution in [-0.4, -0.2) is 51.9 Å². The Morgan fingerprint density at radius 3 is 2.58 bits per heavy atom. The molecule has 2 heterocycles. The fraction of sp³-hybridized carbons (Fsp3) is 0.348. The van der Waals surface area contributed by atoms with E-state index in [0.717, 1.165) is 17.0 Å². The smallest absolute Gasteiger partial charge is 0.230 e. The number of carbonyl (C=O) groups is 1. The van der Waals surface area contributed by atoms with Crippen molar-refractivity contribution in [1.82, 2.24) is 20.1 Å². The predicted molar refractivity (Wildman–Crippen MR) is 127 cm³/mol. The molecule has 1 atom stereocenters. The van der Waals surface area contributed by atoms with E-state index in [1.807, 2.05) is 66.1 Å². The number of sulfone groups is 1. The zero-order chi connectivity index (χ0) is 23.5. The summed E-state index contributed by atoms with van der Waals surface area (Å²) in [7, 11) is -3.10. The number of ether oxygens (including phenoxy) is 1. The predicted octanol–water partition coefficient (Wildman–Crippen LogP) is 2.94. The summed E-state index contributed by atoms with van der Waals surface area (Å²) in [6, 6.07) is 17.4. The van der Waals surface area contributed by atoms with Crippen LogP contribution < -0.4 is 10.1 Å². The average molecular weight is 487 g/mol. The SMILES string of the molecule is Cc1ccccc1OCc1nnc(SCC(=O)NC2(C)CCS(=O)(=O)C2)n1-c1ccccc1. The topological polar surface area (TPSA) is 103 Å². The number of nitrogens with one attached hydrogen (secondary N) is 1.